The highest BCUT2D eigenvalue weighted by molar-refractivity contribution is 6.33. The number of carbonyl (C=O) groups is 1. The number of fused-ring (bicyclic) bond motifs is 1. The molecule has 1 aliphatic heterocycles. The monoisotopic (exact) mass is 442 g/mol. The molecule has 0 spiro atoms. The Morgan fingerprint density at radius 1 is 1.13 bits per heavy atom. The fraction of sp³-hybridized carbons (Fsp3) is 0.391. The average molecular weight is 443 g/mol. The Kier molecular flexibility index (Phi) is 6.94. The van der Waals surface area contributed by atoms with Crippen LogP contribution in [0.2, 0.25) is 5.02 Å². The maximum atomic E-state index is 11.8. The number of anilines is 1. The Bertz CT molecular complexity index is 1030. The molecule has 164 valence electrons. The standard InChI is InChI=1S/C23H27ClN4O3/c1-30-23(29)19-17-25-28-10-8-18(16-22(19)28)31-15-5-4-9-26-11-13-27(14-12-26)21-7-3-2-6-20(21)24/h2-3,6-8,10,16-17H,4-5,9,11-15H2,1H3. The van der Waals surface area contributed by atoms with Gasteiger partial charge in [0.15, 0.2) is 0 Å². The average Bonchev–Trinajstić information content (AvgIpc) is 3.22. The number of nitrogens with zero attached hydrogens (tertiary/aromatic N) is 4. The summed E-state index contributed by atoms with van der Waals surface area (Å²) in [6, 6.07) is 11.7. The van der Waals surface area contributed by atoms with Gasteiger partial charge in [-0.1, -0.05) is 23.7 Å². The molecule has 0 aliphatic carbocycles. The molecule has 0 bridgehead atoms. The summed E-state index contributed by atoms with van der Waals surface area (Å²) in [4.78, 5) is 16.7. The number of para-hydroxylation sites is 1. The van der Waals surface area contributed by atoms with Crippen LogP contribution < -0.4 is 9.64 Å². The van der Waals surface area contributed by atoms with Crippen LogP contribution in [0.4, 0.5) is 5.69 Å². The van der Waals surface area contributed by atoms with Crippen molar-refractivity contribution in [2.45, 2.75) is 12.8 Å². The van der Waals surface area contributed by atoms with E-state index in [0.717, 1.165) is 62.0 Å². The third-order valence-electron chi connectivity index (χ3n) is 5.60. The minimum absolute atomic E-state index is 0.401. The highest BCUT2D eigenvalue weighted by Crippen LogP contribution is 2.26. The van der Waals surface area contributed by atoms with E-state index in [1.54, 1.807) is 10.7 Å². The van der Waals surface area contributed by atoms with Crippen molar-refractivity contribution in [1.29, 1.82) is 0 Å². The number of hydrogen-bond acceptors (Lipinski definition) is 6. The number of carbonyl (C=O) groups excluding carboxylic acids is 1. The van der Waals surface area contributed by atoms with Gasteiger partial charge >= 0.3 is 5.97 Å². The Labute approximate surface area is 187 Å². The molecule has 3 aromatic rings. The summed E-state index contributed by atoms with van der Waals surface area (Å²) < 4.78 is 12.3. The predicted molar refractivity (Wildman–Crippen MR) is 121 cm³/mol. The van der Waals surface area contributed by atoms with Crippen molar-refractivity contribution >= 4 is 28.8 Å². The molecule has 1 saturated heterocycles. The molecule has 1 aliphatic rings. The number of unbranched alkanes of at least 4 members (excludes halogenated alkanes) is 1. The molecule has 4 rings (SSSR count). The summed E-state index contributed by atoms with van der Waals surface area (Å²) in [5, 5.41) is 4.98. The molecule has 1 fully saturated rings. The first-order valence-electron chi connectivity index (χ1n) is 10.6. The van der Waals surface area contributed by atoms with Crippen molar-refractivity contribution in [3.63, 3.8) is 0 Å². The van der Waals surface area contributed by atoms with E-state index >= 15 is 0 Å². The molecule has 0 radical (unpaired) electrons. The molecule has 3 heterocycles. The largest absolute Gasteiger partial charge is 0.493 e. The third kappa shape index (κ3) is 5.11. The molecule has 31 heavy (non-hydrogen) atoms. The van der Waals surface area contributed by atoms with Gasteiger partial charge in [-0.2, -0.15) is 5.10 Å². The quantitative estimate of drug-likeness (QED) is 0.391. The summed E-state index contributed by atoms with van der Waals surface area (Å²) in [6.45, 7) is 5.77. The topological polar surface area (TPSA) is 59.3 Å². The zero-order valence-corrected chi connectivity index (χ0v) is 18.4. The number of ether oxygens (including phenoxy) is 2. The van der Waals surface area contributed by atoms with E-state index in [1.807, 2.05) is 30.3 Å². The van der Waals surface area contributed by atoms with E-state index in [4.69, 9.17) is 21.1 Å². The van der Waals surface area contributed by atoms with E-state index in [-0.39, 0.29) is 0 Å². The van der Waals surface area contributed by atoms with Gasteiger partial charge in [-0.25, -0.2) is 9.31 Å². The van der Waals surface area contributed by atoms with Crippen molar-refractivity contribution in [2.24, 2.45) is 0 Å². The van der Waals surface area contributed by atoms with Gasteiger partial charge in [0.05, 0.1) is 36.1 Å². The minimum atomic E-state index is -0.401. The van der Waals surface area contributed by atoms with Crippen molar-refractivity contribution in [2.75, 3.05) is 51.3 Å². The molecule has 2 aromatic heterocycles. The van der Waals surface area contributed by atoms with Gasteiger partial charge in [0, 0.05) is 38.4 Å². The highest BCUT2D eigenvalue weighted by Gasteiger charge is 2.18. The zero-order chi connectivity index (χ0) is 21.6. The molecule has 0 N–H and O–H groups in total. The van der Waals surface area contributed by atoms with Crippen LogP contribution in [0, 0.1) is 0 Å². The summed E-state index contributed by atoms with van der Waals surface area (Å²) in [7, 11) is 1.36. The number of halogens is 1. The first kappa shape index (κ1) is 21.5. The fourth-order valence-electron chi connectivity index (χ4n) is 3.87. The normalized spacial score (nSPS) is 14.7. The summed E-state index contributed by atoms with van der Waals surface area (Å²) >= 11 is 6.32. The number of aromatic nitrogens is 2. The zero-order valence-electron chi connectivity index (χ0n) is 17.7. The third-order valence-corrected chi connectivity index (χ3v) is 5.92. The molecular weight excluding hydrogens is 416 g/mol. The maximum absolute atomic E-state index is 11.8. The van der Waals surface area contributed by atoms with Crippen LogP contribution in [0.15, 0.2) is 48.8 Å². The van der Waals surface area contributed by atoms with Crippen LogP contribution in [0.5, 0.6) is 5.75 Å². The minimum Gasteiger partial charge on any atom is -0.493 e. The van der Waals surface area contributed by atoms with E-state index in [2.05, 4.69) is 21.0 Å². The van der Waals surface area contributed by atoms with Gasteiger partial charge in [0.1, 0.15) is 11.3 Å². The van der Waals surface area contributed by atoms with Crippen molar-refractivity contribution in [3.05, 3.63) is 59.4 Å². The Morgan fingerprint density at radius 2 is 1.94 bits per heavy atom. The van der Waals surface area contributed by atoms with Gasteiger partial charge < -0.3 is 14.4 Å². The first-order valence-corrected chi connectivity index (χ1v) is 10.9. The number of piperazine rings is 1. The number of benzene rings is 1. The van der Waals surface area contributed by atoms with E-state index in [9.17, 15) is 4.79 Å². The van der Waals surface area contributed by atoms with Crippen molar-refractivity contribution in [1.82, 2.24) is 14.5 Å². The fourth-order valence-corrected chi connectivity index (χ4v) is 4.12. The number of methoxy groups -OCH3 is 1. The first-order chi connectivity index (χ1) is 15.2. The van der Waals surface area contributed by atoms with E-state index < -0.39 is 5.97 Å². The number of rotatable bonds is 8. The lowest BCUT2D eigenvalue weighted by molar-refractivity contribution is 0.0603. The summed E-state index contributed by atoms with van der Waals surface area (Å²) in [6.07, 6.45) is 5.35. The SMILES string of the molecule is COC(=O)c1cnn2ccc(OCCCCN3CCN(c4ccccc4Cl)CC3)cc12. The molecule has 1 aromatic carbocycles. The second-order valence-corrected chi connectivity index (χ2v) is 7.98. The van der Waals surface area contributed by atoms with E-state index in [0.29, 0.717) is 17.7 Å². The van der Waals surface area contributed by atoms with Crippen molar-refractivity contribution in [3.8, 4) is 5.75 Å². The van der Waals surface area contributed by atoms with Gasteiger partial charge in [0.25, 0.3) is 0 Å². The Morgan fingerprint density at radius 3 is 2.71 bits per heavy atom. The van der Waals surface area contributed by atoms with Gasteiger partial charge in [0.2, 0.25) is 0 Å². The lowest BCUT2D eigenvalue weighted by Gasteiger charge is -2.36. The van der Waals surface area contributed by atoms with Gasteiger partial charge in [-0.3, -0.25) is 4.90 Å². The maximum Gasteiger partial charge on any atom is 0.341 e. The second-order valence-electron chi connectivity index (χ2n) is 7.58. The molecule has 0 atom stereocenters. The molecule has 0 saturated carbocycles. The Hall–Kier alpha value is -2.77. The number of hydrogen-bond donors (Lipinski definition) is 0. The van der Waals surface area contributed by atoms with Crippen molar-refractivity contribution < 1.29 is 14.3 Å². The molecule has 7 nitrogen and oxygen atoms in total. The highest BCUT2D eigenvalue weighted by atomic mass is 35.5. The smallest absolute Gasteiger partial charge is 0.341 e. The summed E-state index contributed by atoms with van der Waals surface area (Å²) in [5.74, 6) is 0.327. The lowest BCUT2D eigenvalue weighted by Crippen LogP contribution is -2.46. The van der Waals surface area contributed by atoms with Crippen LogP contribution in [0.25, 0.3) is 5.52 Å². The molecule has 0 unspecified atom stereocenters. The van der Waals surface area contributed by atoms with Crippen LogP contribution >= 0.6 is 11.6 Å². The van der Waals surface area contributed by atoms with Crippen LogP contribution in [0.1, 0.15) is 23.2 Å². The summed E-state index contributed by atoms with van der Waals surface area (Å²) in [5.41, 5.74) is 2.24. The van der Waals surface area contributed by atoms with Gasteiger partial charge in [-0.05, 0) is 37.6 Å². The second kappa shape index (κ2) is 10.0. The lowest BCUT2D eigenvalue weighted by atomic mass is 10.2. The Balaban J connectivity index is 1.19. The number of pyridine rings is 1. The molecule has 8 heteroatoms. The van der Waals surface area contributed by atoms with Crippen LogP contribution in [-0.4, -0.2) is 66.9 Å². The molecule has 0 amide bonds. The molecular formula is C23H27ClN4O3. The predicted octanol–water partition coefficient (Wildman–Crippen LogP) is 3.76. The van der Waals surface area contributed by atoms with Crippen LogP contribution in [-0.2, 0) is 4.74 Å². The van der Waals surface area contributed by atoms with Crippen LogP contribution in [0.3, 0.4) is 0 Å². The number of esters is 1. The van der Waals surface area contributed by atoms with Gasteiger partial charge in [-0.15, -0.1) is 0 Å². The van der Waals surface area contributed by atoms with E-state index in [1.165, 1.54) is 13.3 Å².